The Morgan fingerprint density at radius 2 is 1.04 bits per heavy atom. The summed E-state index contributed by atoms with van der Waals surface area (Å²) in [5, 5.41) is 0.270. The number of rotatable bonds is 10. The topological polar surface area (TPSA) is 18.5 Å². The third kappa shape index (κ3) is 6.77. The van der Waals surface area contributed by atoms with Gasteiger partial charge in [0.05, 0.1) is 0 Å². The zero-order valence-corrected chi connectivity index (χ0v) is 19.3. The van der Waals surface area contributed by atoms with Crippen LogP contribution < -0.4 is 9.47 Å². The fourth-order valence-corrected chi connectivity index (χ4v) is 2.95. The maximum atomic E-state index is 5.75. The molecule has 0 aliphatic carbocycles. The summed E-state index contributed by atoms with van der Waals surface area (Å²) in [6.07, 6.45) is 0. The van der Waals surface area contributed by atoms with E-state index in [1.165, 1.54) is 11.1 Å². The summed E-state index contributed by atoms with van der Waals surface area (Å²) in [5.41, 5.74) is 2.34. The molecule has 148 valence electrons. The van der Waals surface area contributed by atoms with Gasteiger partial charge in [0.25, 0.3) is 0 Å². The SMILES string of the molecule is CC(C)(c1ccc(OCC(S)CS)cc1)c1ccc(OCC(S)CS)cc1. The molecule has 0 aliphatic heterocycles. The lowest BCUT2D eigenvalue weighted by Crippen LogP contribution is -2.19. The largest absolute Gasteiger partial charge is 0.492 e. The zero-order valence-electron chi connectivity index (χ0n) is 15.7. The molecule has 0 saturated carbocycles. The highest BCUT2D eigenvalue weighted by molar-refractivity contribution is 7.85. The standard InChI is InChI=1S/C21H28O2S4/c1-21(2,15-3-7-17(8-4-15)22-11-19(26)13-24)16-5-9-18(10-6-16)23-12-20(27)14-25/h3-10,19-20,24-27H,11-14H2,1-2H3. The molecule has 0 heterocycles. The van der Waals surface area contributed by atoms with Crippen LogP contribution in [0.3, 0.4) is 0 Å². The van der Waals surface area contributed by atoms with Crippen molar-refractivity contribution in [3.05, 3.63) is 59.7 Å². The molecule has 2 aromatic carbocycles. The second kappa shape index (κ2) is 10.8. The molecule has 6 heteroatoms. The predicted octanol–water partition coefficient (Wildman–Crippen LogP) is 5.23. The third-order valence-electron chi connectivity index (χ3n) is 4.46. The molecule has 0 saturated heterocycles. The van der Waals surface area contributed by atoms with Crippen LogP contribution in [-0.2, 0) is 5.41 Å². The lowest BCUT2D eigenvalue weighted by atomic mass is 9.78. The molecule has 0 aliphatic rings. The maximum Gasteiger partial charge on any atom is 0.119 e. The van der Waals surface area contributed by atoms with Crippen LogP contribution in [0.25, 0.3) is 0 Å². The first kappa shape index (κ1) is 22.7. The average molecular weight is 441 g/mol. The zero-order chi connectivity index (χ0) is 19.9. The summed E-state index contributed by atoms with van der Waals surface area (Å²) in [6, 6.07) is 16.5. The smallest absolute Gasteiger partial charge is 0.119 e. The number of benzene rings is 2. The first-order valence-corrected chi connectivity index (χ1v) is 11.2. The molecule has 2 atom stereocenters. The minimum atomic E-state index is -0.120. The Balaban J connectivity index is 2.04. The van der Waals surface area contributed by atoms with Gasteiger partial charge in [-0.3, -0.25) is 0 Å². The van der Waals surface area contributed by atoms with Crippen molar-refractivity contribution in [2.24, 2.45) is 0 Å². The number of thiol groups is 4. The quantitative estimate of drug-likeness (QED) is 0.379. The number of hydrogen-bond donors (Lipinski definition) is 4. The fraction of sp³-hybridized carbons (Fsp3) is 0.429. The van der Waals surface area contributed by atoms with Gasteiger partial charge < -0.3 is 9.47 Å². The Hall–Kier alpha value is -0.560. The molecule has 2 rings (SSSR count). The molecule has 2 unspecified atom stereocenters. The molecule has 0 fully saturated rings. The summed E-state index contributed by atoms with van der Waals surface area (Å²) < 4.78 is 11.5. The lowest BCUT2D eigenvalue weighted by molar-refractivity contribution is 0.324. The van der Waals surface area contributed by atoms with Crippen molar-refractivity contribution >= 4 is 50.5 Å². The highest BCUT2D eigenvalue weighted by atomic mass is 32.1. The summed E-state index contributed by atoms with van der Waals surface area (Å²) in [4.78, 5) is 0. The minimum Gasteiger partial charge on any atom is -0.492 e. The van der Waals surface area contributed by atoms with Crippen LogP contribution in [0.15, 0.2) is 48.5 Å². The van der Waals surface area contributed by atoms with Crippen LogP contribution in [0.1, 0.15) is 25.0 Å². The molecule has 0 bridgehead atoms. The van der Waals surface area contributed by atoms with Crippen molar-refractivity contribution in [2.45, 2.75) is 29.8 Å². The van der Waals surface area contributed by atoms with Crippen LogP contribution in [0.4, 0.5) is 0 Å². The fourth-order valence-electron chi connectivity index (χ4n) is 2.59. The van der Waals surface area contributed by atoms with Crippen LogP contribution in [0.5, 0.6) is 11.5 Å². The van der Waals surface area contributed by atoms with Crippen LogP contribution in [-0.4, -0.2) is 35.2 Å². The molecule has 2 nitrogen and oxygen atoms in total. The Kier molecular flexibility index (Phi) is 9.12. The van der Waals surface area contributed by atoms with Gasteiger partial charge in [-0.1, -0.05) is 38.1 Å². The molecule has 0 radical (unpaired) electrons. The first-order chi connectivity index (χ1) is 12.9. The van der Waals surface area contributed by atoms with E-state index in [0.717, 1.165) is 11.5 Å². The van der Waals surface area contributed by atoms with Gasteiger partial charge in [-0.2, -0.15) is 50.5 Å². The van der Waals surface area contributed by atoms with E-state index in [4.69, 9.17) is 9.47 Å². The van der Waals surface area contributed by atoms with E-state index in [2.05, 4.69) is 88.6 Å². The molecule has 27 heavy (non-hydrogen) atoms. The van der Waals surface area contributed by atoms with Crippen molar-refractivity contribution in [3.8, 4) is 11.5 Å². The van der Waals surface area contributed by atoms with Gasteiger partial charge in [-0.05, 0) is 35.4 Å². The maximum absolute atomic E-state index is 5.75. The van der Waals surface area contributed by atoms with Gasteiger partial charge in [0.2, 0.25) is 0 Å². The highest BCUT2D eigenvalue weighted by Gasteiger charge is 2.23. The van der Waals surface area contributed by atoms with Crippen molar-refractivity contribution in [2.75, 3.05) is 24.7 Å². The lowest BCUT2D eigenvalue weighted by Gasteiger charge is -2.26. The molecular weight excluding hydrogens is 412 g/mol. The van der Waals surface area contributed by atoms with E-state index < -0.39 is 0 Å². The Bertz CT molecular complexity index is 627. The molecule has 0 spiro atoms. The molecular formula is C21H28O2S4. The minimum absolute atomic E-state index is 0.120. The highest BCUT2D eigenvalue weighted by Crippen LogP contribution is 2.33. The van der Waals surface area contributed by atoms with E-state index in [1.54, 1.807) is 0 Å². The van der Waals surface area contributed by atoms with Crippen LogP contribution in [0, 0.1) is 0 Å². The summed E-state index contributed by atoms with van der Waals surface area (Å²) >= 11 is 17.2. The van der Waals surface area contributed by atoms with Gasteiger partial charge in [-0.25, -0.2) is 0 Å². The van der Waals surface area contributed by atoms with Crippen molar-refractivity contribution in [1.29, 1.82) is 0 Å². The van der Waals surface area contributed by atoms with Crippen molar-refractivity contribution < 1.29 is 9.47 Å². The molecule has 0 N–H and O–H groups in total. The van der Waals surface area contributed by atoms with Crippen molar-refractivity contribution in [1.82, 2.24) is 0 Å². The average Bonchev–Trinajstić information content (AvgIpc) is 2.70. The van der Waals surface area contributed by atoms with E-state index in [1.807, 2.05) is 24.3 Å². The van der Waals surface area contributed by atoms with E-state index in [-0.39, 0.29) is 15.9 Å². The van der Waals surface area contributed by atoms with Crippen LogP contribution >= 0.6 is 50.5 Å². The van der Waals surface area contributed by atoms with Crippen molar-refractivity contribution in [3.63, 3.8) is 0 Å². The van der Waals surface area contributed by atoms with Gasteiger partial charge >= 0.3 is 0 Å². The van der Waals surface area contributed by atoms with Gasteiger partial charge in [-0.15, -0.1) is 0 Å². The third-order valence-corrected chi connectivity index (χ3v) is 6.58. The van der Waals surface area contributed by atoms with Gasteiger partial charge in [0.1, 0.15) is 24.7 Å². The normalized spacial score (nSPS) is 13.9. The monoisotopic (exact) mass is 440 g/mol. The second-order valence-corrected chi connectivity index (χ2v) is 9.16. The Labute approximate surface area is 185 Å². The Morgan fingerprint density at radius 3 is 1.33 bits per heavy atom. The number of hydrogen-bond acceptors (Lipinski definition) is 6. The van der Waals surface area contributed by atoms with Crippen LogP contribution in [0.2, 0.25) is 0 Å². The van der Waals surface area contributed by atoms with E-state index in [0.29, 0.717) is 24.7 Å². The van der Waals surface area contributed by atoms with E-state index in [9.17, 15) is 0 Å². The molecule has 0 aromatic heterocycles. The summed E-state index contributed by atoms with van der Waals surface area (Å²) in [7, 11) is 0. The van der Waals surface area contributed by atoms with Gasteiger partial charge in [0, 0.05) is 27.4 Å². The first-order valence-electron chi connectivity index (χ1n) is 8.91. The second-order valence-electron chi connectivity index (χ2n) is 6.97. The summed E-state index contributed by atoms with van der Waals surface area (Å²) in [5.74, 6) is 3.09. The number of ether oxygens (including phenoxy) is 2. The molecule has 0 amide bonds. The van der Waals surface area contributed by atoms with Gasteiger partial charge in [0.15, 0.2) is 0 Å². The predicted molar refractivity (Wildman–Crippen MR) is 129 cm³/mol. The summed E-state index contributed by atoms with van der Waals surface area (Å²) in [6.45, 7) is 5.54. The molecule has 2 aromatic rings. The Morgan fingerprint density at radius 1 is 0.704 bits per heavy atom. The van der Waals surface area contributed by atoms with E-state index >= 15 is 0 Å².